The summed E-state index contributed by atoms with van der Waals surface area (Å²) in [6.07, 6.45) is 4.64. The van der Waals surface area contributed by atoms with E-state index in [0.29, 0.717) is 22.4 Å². The van der Waals surface area contributed by atoms with Crippen molar-refractivity contribution in [2.24, 2.45) is 5.92 Å². The fourth-order valence-electron chi connectivity index (χ4n) is 3.04. The molecule has 3 nitrogen and oxygen atoms in total. The topological polar surface area (TPSA) is 32.3 Å². The van der Waals surface area contributed by atoms with Gasteiger partial charge < -0.3 is 10.2 Å². The number of nitrogens with one attached hydrogen (secondary N) is 1. The molecule has 6 heteroatoms. The van der Waals surface area contributed by atoms with E-state index < -0.39 is 0 Å². The Labute approximate surface area is 155 Å². The van der Waals surface area contributed by atoms with Crippen molar-refractivity contribution < 1.29 is 4.79 Å². The molecule has 0 bridgehead atoms. The Bertz CT molecular complexity index is 509. The molecule has 1 aliphatic rings. The molecule has 23 heavy (non-hydrogen) atoms. The van der Waals surface area contributed by atoms with Crippen LogP contribution >= 0.6 is 35.6 Å². The normalized spacial score (nSPS) is 17.7. The summed E-state index contributed by atoms with van der Waals surface area (Å²) in [5, 5.41) is 4.36. The minimum atomic E-state index is 0. The van der Waals surface area contributed by atoms with Crippen LogP contribution in [0.5, 0.6) is 0 Å². The van der Waals surface area contributed by atoms with Gasteiger partial charge in [0.1, 0.15) is 0 Å². The van der Waals surface area contributed by atoms with Gasteiger partial charge in [-0.1, -0.05) is 29.3 Å². The van der Waals surface area contributed by atoms with E-state index in [9.17, 15) is 4.79 Å². The number of carbonyl (C=O) groups is 1. The summed E-state index contributed by atoms with van der Waals surface area (Å²) < 4.78 is 0. The van der Waals surface area contributed by atoms with Gasteiger partial charge in [-0.15, -0.1) is 12.4 Å². The van der Waals surface area contributed by atoms with Gasteiger partial charge >= 0.3 is 0 Å². The lowest BCUT2D eigenvalue weighted by Crippen LogP contribution is -2.42. The number of amides is 1. The van der Waals surface area contributed by atoms with Gasteiger partial charge in [0.2, 0.25) is 5.91 Å². The van der Waals surface area contributed by atoms with Crippen molar-refractivity contribution in [3.05, 3.63) is 33.8 Å². The average Bonchev–Trinajstić information content (AvgIpc) is 2.51. The summed E-state index contributed by atoms with van der Waals surface area (Å²) in [7, 11) is 1.97. The Balaban J connectivity index is 0.00000264. The second-order valence-electron chi connectivity index (χ2n) is 6.01. The standard InChI is InChI=1S/C17H24Cl2N2O.ClH/c1-20-11-14-5-3-9-21(12-14)17(22)6-2-4-13-7-8-15(18)16(19)10-13;/h7-8,10,14,20H,2-6,9,11-12H2,1H3;1H. The molecule has 0 aliphatic carbocycles. The Kier molecular flexibility index (Phi) is 9.30. The smallest absolute Gasteiger partial charge is 0.222 e. The molecule has 130 valence electrons. The summed E-state index contributed by atoms with van der Waals surface area (Å²) in [5.41, 5.74) is 1.13. The van der Waals surface area contributed by atoms with E-state index in [0.717, 1.165) is 44.5 Å². The first-order valence-electron chi connectivity index (χ1n) is 7.96. The van der Waals surface area contributed by atoms with Gasteiger partial charge in [0.25, 0.3) is 0 Å². The first-order chi connectivity index (χ1) is 10.6. The van der Waals surface area contributed by atoms with E-state index in [1.54, 1.807) is 0 Å². The van der Waals surface area contributed by atoms with Crippen LogP contribution in [0.25, 0.3) is 0 Å². The molecule has 0 radical (unpaired) electrons. The molecule has 1 N–H and O–H groups in total. The maximum absolute atomic E-state index is 12.3. The fraction of sp³-hybridized carbons (Fsp3) is 0.588. The van der Waals surface area contributed by atoms with E-state index in [-0.39, 0.29) is 18.3 Å². The van der Waals surface area contributed by atoms with E-state index in [4.69, 9.17) is 23.2 Å². The van der Waals surface area contributed by atoms with E-state index in [2.05, 4.69) is 5.32 Å². The predicted octanol–water partition coefficient (Wildman–Crippen LogP) is 4.20. The molecule has 1 amide bonds. The van der Waals surface area contributed by atoms with Crippen LogP contribution in [0, 0.1) is 5.92 Å². The molecule has 0 spiro atoms. The van der Waals surface area contributed by atoms with Crippen LogP contribution in [0.4, 0.5) is 0 Å². The van der Waals surface area contributed by atoms with E-state index >= 15 is 0 Å². The first kappa shape index (κ1) is 20.6. The van der Waals surface area contributed by atoms with Gasteiger partial charge in [-0.3, -0.25) is 4.79 Å². The van der Waals surface area contributed by atoms with Crippen molar-refractivity contribution in [3.8, 4) is 0 Å². The second kappa shape index (κ2) is 10.4. The molecule has 2 rings (SSSR count). The molecule has 1 unspecified atom stereocenters. The maximum atomic E-state index is 12.3. The zero-order chi connectivity index (χ0) is 15.9. The van der Waals surface area contributed by atoms with Crippen molar-refractivity contribution >= 4 is 41.5 Å². The lowest BCUT2D eigenvalue weighted by Gasteiger charge is -2.32. The molecule has 1 aliphatic heterocycles. The SMILES string of the molecule is CNCC1CCCN(C(=O)CCCc2ccc(Cl)c(Cl)c2)C1.Cl. The quantitative estimate of drug-likeness (QED) is 0.803. The Morgan fingerprint density at radius 1 is 1.35 bits per heavy atom. The van der Waals surface area contributed by atoms with Gasteiger partial charge in [-0.05, 0) is 62.9 Å². The van der Waals surface area contributed by atoms with Crippen LogP contribution in [0.15, 0.2) is 18.2 Å². The molecular formula is C17H25Cl3N2O. The van der Waals surface area contributed by atoms with Gasteiger partial charge in [0, 0.05) is 19.5 Å². The third kappa shape index (κ3) is 6.50. The third-order valence-corrected chi connectivity index (χ3v) is 4.94. The zero-order valence-electron chi connectivity index (χ0n) is 13.5. The number of piperidine rings is 1. The van der Waals surface area contributed by atoms with Gasteiger partial charge in [0.05, 0.1) is 10.0 Å². The monoisotopic (exact) mass is 378 g/mol. The highest BCUT2D eigenvalue weighted by Crippen LogP contribution is 2.23. The number of likely N-dealkylation sites (tertiary alicyclic amines) is 1. The van der Waals surface area contributed by atoms with Gasteiger partial charge in [-0.2, -0.15) is 0 Å². The average molecular weight is 380 g/mol. The maximum Gasteiger partial charge on any atom is 0.222 e. The lowest BCUT2D eigenvalue weighted by atomic mass is 9.97. The molecule has 0 saturated carbocycles. The van der Waals surface area contributed by atoms with Crippen LogP contribution in [-0.2, 0) is 11.2 Å². The molecule has 1 saturated heterocycles. The number of hydrogen-bond donors (Lipinski definition) is 1. The summed E-state index contributed by atoms with van der Waals surface area (Å²) in [6.45, 7) is 2.80. The minimum absolute atomic E-state index is 0. The number of benzene rings is 1. The predicted molar refractivity (Wildman–Crippen MR) is 99.9 cm³/mol. The Morgan fingerprint density at radius 3 is 2.83 bits per heavy atom. The minimum Gasteiger partial charge on any atom is -0.342 e. The second-order valence-corrected chi connectivity index (χ2v) is 6.82. The number of rotatable bonds is 6. The van der Waals surface area contributed by atoms with E-state index in [1.165, 1.54) is 6.42 Å². The molecule has 0 aromatic heterocycles. The number of carbonyl (C=O) groups excluding carboxylic acids is 1. The Morgan fingerprint density at radius 2 is 2.13 bits per heavy atom. The number of aryl methyl sites for hydroxylation is 1. The third-order valence-electron chi connectivity index (χ3n) is 4.20. The van der Waals surface area contributed by atoms with E-state index in [1.807, 2.05) is 30.1 Å². The van der Waals surface area contributed by atoms with Crippen LogP contribution in [0.2, 0.25) is 10.0 Å². The van der Waals surface area contributed by atoms with Crippen LogP contribution in [0.3, 0.4) is 0 Å². The summed E-state index contributed by atoms with van der Waals surface area (Å²) in [5.74, 6) is 0.874. The van der Waals surface area contributed by atoms with Crippen molar-refractivity contribution in [2.45, 2.75) is 32.1 Å². The summed E-state index contributed by atoms with van der Waals surface area (Å²) >= 11 is 11.9. The zero-order valence-corrected chi connectivity index (χ0v) is 15.8. The molecule has 1 aromatic rings. The summed E-state index contributed by atoms with van der Waals surface area (Å²) in [6, 6.07) is 5.68. The lowest BCUT2D eigenvalue weighted by molar-refractivity contribution is -0.133. The van der Waals surface area contributed by atoms with Crippen molar-refractivity contribution in [2.75, 3.05) is 26.7 Å². The number of halogens is 3. The van der Waals surface area contributed by atoms with Gasteiger partial charge in [0.15, 0.2) is 0 Å². The van der Waals surface area contributed by atoms with Crippen molar-refractivity contribution in [1.29, 1.82) is 0 Å². The highest BCUT2D eigenvalue weighted by atomic mass is 35.5. The van der Waals surface area contributed by atoms with Crippen molar-refractivity contribution in [3.63, 3.8) is 0 Å². The Hall–Kier alpha value is -0.480. The van der Waals surface area contributed by atoms with Crippen molar-refractivity contribution in [1.82, 2.24) is 10.2 Å². The van der Waals surface area contributed by atoms with Crippen LogP contribution in [-0.4, -0.2) is 37.5 Å². The molecule has 1 heterocycles. The van der Waals surface area contributed by atoms with Crippen LogP contribution in [0.1, 0.15) is 31.2 Å². The molecular weight excluding hydrogens is 355 g/mol. The molecule has 1 atom stereocenters. The number of nitrogens with zero attached hydrogens (tertiary/aromatic N) is 1. The van der Waals surface area contributed by atoms with Crippen LogP contribution < -0.4 is 5.32 Å². The molecule has 1 fully saturated rings. The highest BCUT2D eigenvalue weighted by Gasteiger charge is 2.22. The fourth-order valence-corrected chi connectivity index (χ4v) is 3.36. The highest BCUT2D eigenvalue weighted by molar-refractivity contribution is 6.42. The number of hydrogen-bond acceptors (Lipinski definition) is 2. The van der Waals surface area contributed by atoms with Gasteiger partial charge in [-0.25, -0.2) is 0 Å². The first-order valence-corrected chi connectivity index (χ1v) is 8.72. The largest absolute Gasteiger partial charge is 0.342 e. The molecule has 1 aromatic carbocycles. The summed E-state index contributed by atoms with van der Waals surface area (Å²) in [4.78, 5) is 14.3.